The van der Waals surface area contributed by atoms with Gasteiger partial charge in [0.2, 0.25) is 5.91 Å². The van der Waals surface area contributed by atoms with Crippen molar-refractivity contribution in [1.29, 1.82) is 0 Å². The van der Waals surface area contributed by atoms with Gasteiger partial charge in [0.05, 0.1) is 0 Å². The van der Waals surface area contributed by atoms with Gasteiger partial charge in [-0.1, -0.05) is 33.6 Å². The van der Waals surface area contributed by atoms with Gasteiger partial charge in [-0.15, -0.1) is 0 Å². The van der Waals surface area contributed by atoms with Crippen LogP contribution in [0.4, 0.5) is 5.69 Å². The Morgan fingerprint density at radius 1 is 1.20 bits per heavy atom. The highest BCUT2D eigenvalue weighted by atomic mass is 79.9. The molecule has 0 N–H and O–H groups in total. The van der Waals surface area contributed by atoms with Crippen molar-refractivity contribution < 1.29 is 9.59 Å². The smallest absolute Gasteiger partial charge is 0.254 e. The summed E-state index contributed by atoms with van der Waals surface area (Å²) in [6, 6.07) is 12.2. The second kappa shape index (κ2) is 7.18. The maximum absolute atomic E-state index is 12.9. The Morgan fingerprint density at radius 2 is 1.96 bits per heavy atom. The van der Waals surface area contributed by atoms with Crippen LogP contribution in [0.1, 0.15) is 22.8 Å². The third-order valence-electron chi connectivity index (χ3n) is 4.44. The van der Waals surface area contributed by atoms with Crippen LogP contribution in [0, 0.1) is 6.92 Å². The van der Waals surface area contributed by atoms with Gasteiger partial charge in [-0.05, 0) is 55.8 Å². The van der Waals surface area contributed by atoms with Crippen LogP contribution in [0.15, 0.2) is 46.9 Å². The minimum atomic E-state index is -0.518. The second-order valence-electron chi connectivity index (χ2n) is 6.11. The van der Waals surface area contributed by atoms with Crippen LogP contribution >= 0.6 is 27.5 Å². The Bertz CT molecular complexity index is 840. The lowest BCUT2D eigenvalue weighted by molar-refractivity contribution is -0.124. The number of halogens is 2. The van der Waals surface area contributed by atoms with Gasteiger partial charge in [-0.25, -0.2) is 0 Å². The number of hydrogen-bond donors (Lipinski definition) is 0. The molecule has 0 unspecified atom stereocenters. The first-order valence-corrected chi connectivity index (χ1v) is 9.19. The topological polar surface area (TPSA) is 40.6 Å². The second-order valence-corrected chi connectivity index (χ2v) is 7.46. The van der Waals surface area contributed by atoms with E-state index in [0.717, 1.165) is 15.7 Å². The van der Waals surface area contributed by atoms with Crippen molar-refractivity contribution in [2.45, 2.75) is 19.9 Å². The van der Waals surface area contributed by atoms with Gasteiger partial charge in [-0.2, -0.15) is 0 Å². The van der Waals surface area contributed by atoms with Crippen LogP contribution in [0.2, 0.25) is 5.02 Å². The summed E-state index contributed by atoms with van der Waals surface area (Å²) < 4.78 is 0.841. The first-order chi connectivity index (χ1) is 11.9. The molecular weight excluding hydrogens is 404 g/mol. The highest BCUT2D eigenvalue weighted by molar-refractivity contribution is 9.10. The quantitative estimate of drug-likeness (QED) is 0.726. The van der Waals surface area contributed by atoms with E-state index in [0.29, 0.717) is 23.7 Å². The molecule has 3 rings (SSSR count). The first-order valence-electron chi connectivity index (χ1n) is 8.02. The SMILES string of the molecule is Cc1cc(Cl)ccc1N1CCN(C(=O)c2cccc(Br)c2)[C@@H](C)C1=O. The van der Waals surface area contributed by atoms with Crippen molar-refractivity contribution >= 4 is 45.0 Å². The first kappa shape index (κ1) is 18.0. The zero-order valence-electron chi connectivity index (χ0n) is 14.0. The number of rotatable bonds is 2. The van der Waals surface area contributed by atoms with Crippen molar-refractivity contribution in [3.05, 3.63) is 63.1 Å². The number of carbonyl (C=O) groups excluding carboxylic acids is 2. The van der Waals surface area contributed by atoms with E-state index >= 15 is 0 Å². The van der Waals surface area contributed by atoms with Gasteiger partial charge < -0.3 is 9.80 Å². The molecule has 25 heavy (non-hydrogen) atoms. The Hall–Kier alpha value is -1.85. The Labute approximate surface area is 160 Å². The summed E-state index contributed by atoms with van der Waals surface area (Å²) >= 11 is 9.38. The molecule has 4 nitrogen and oxygen atoms in total. The van der Waals surface area contributed by atoms with Crippen LogP contribution in [-0.2, 0) is 4.79 Å². The molecule has 2 aromatic carbocycles. The molecule has 130 valence electrons. The lowest BCUT2D eigenvalue weighted by atomic mass is 10.1. The van der Waals surface area contributed by atoms with Crippen LogP contribution < -0.4 is 4.90 Å². The Balaban J connectivity index is 1.83. The van der Waals surface area contributed by atoms with Crippen molar-refractivity contribution in [3.63, 3.8) is 0 Å². The van der Waals surface area contributed by atoms with Gasteiger partial charge in [0, 0.05) is 33.8 Å². The lowest BCUT2D eigenvalue weighted by Crippen LogP contribution is -2.57. The maximum atomic E-state index is 12.9. The standard InChI is InChI=1S/C19H18BrClN2O2/c1-12-10-16(21)6-7-17(12)23-9-8-22(13(2)18(23)24)19(25)14-4-3-5-15(20)11-14/h3-7,10-11,13H,8-9H2,1-2H3/t13-/m0/s1. The minimum absolute atomic E-state index is 0.0833. The molecule has 0 spiro atoms. The number of aryl methyl sites for hydroxylation is 1. The third kappa shape index (κ3) is 3.58. The van der Waals surface area contributed by atoms with E-state index in [9.17, 15) is 9.59 Å². The highest BCUT2D eigenvalue weighted by Gasteiger charge is 2.35. The van der Waals surface area contributed by atoms with Crippen LogP contribution in [-0.4, -0.2) is 35.8 Å². The van der Waals surface area contributed by atoms with E-state index in [1.807, 2.05) is 31.2 Å². The largest absolute Gasteiger partial charge is 0.325 e. The average Bonchev–Trinajstić information content (AvgIpc) is 2.57. The normalized spacial score (nSPS) is 17.8. The number of benzene rings is 2. The fraction of sp³-hybridized carbons (Fsp3) is 0.263. The summed E-state index contributed by atoms with van der Waals surface area (Å²) in [7, 11) is 0. The van der Waals surface area contributed by atoms with Crippen LogP contribution in [0.5, 0.6) is 0 Å². The fourth-order valence-electron chi connectivity index (χ4n) is 3.10. The number of carbonyl (C=O) groups is 2. The summed E-state index contributed by atoms with van der Waals surface area (Å²) in [5.74, 6) is -0.213. The zero-order chi connectivity index (χ0) is 18.1. The molecule has 0 aromatic heterocycles. The lowest BCUT2D eigenvalue weighted by Gasteiger charge is -2.39. The average molecular weight is 422 g/mol. The molecule has 2 aromatic rings. The van der Waals surface area contributed by atoms with Crippen molar-refractivity contribution in [2.24, 2.45) is 0 Å². The maximum Gasteiger partial charge on any atom is 0.254 e. The summed E-state index contributed by atoms with van der Waals surface area (Å²) in [4.78, 5) is 29.0. The van der Waals surface area contributed by atoms with Gasteiger partial charge in [0.1, 0.15) is 6.04 Å². The highest BCUT2D eigenvalue weighted by Crippen LogP contribution is 2.27. The molecule has 6 heteroatoms. The Morgan fingerprint density at radius 3 is 2.64 bits per heavy atom. The molecule has 1 fully saturated rings. The summed E-state index contributed by atoms with van der Waals surface area (Å²) in [6.45, 7) is 4.65. The molecule has 1 heterocycles. The van der Waals surface area contributed by atoms with E-state index in [-0.39, 0.29) is 11.8 Å². The van der Waals surface area contributed by atoms with Gasteiger partial charge in [0.25, 0.3) is 5.91 Å². The van der Waals surface area contributed by atoms with E-state index in [2.05, 4.69) is 15.9 Å². The molecule has 0 aliphatic carbocycles. The van der Waals surface area contributed by atoms with E-state index in [4.69, 9.17) is 11.6 Å². The third-order valence-corrected chi connectivity index (χ3v) is 5.17. The molecule has 1 aliphatic heterocycles. The molecule has 0 radical (unpaired) electrons. The molecule has 0 bridgehead atoms. The zero-order valence-corrected chi connectivity index (χ0v) is 16.3. The fourth-order valence-corrected chi connectivity index (χ4v) is 3.72. The molecule has 1 aliphatic rings. The summed E-state index contributed by atoms with van der Waals surface area (Å²) in [5.41, 5.74) is 2.36. The molecule has 2 amide bonds. The van der Waals surface area contributed by atoms with Crippen LogP contribution in [0.25, 0.3) is 0 Å². The number of amides is 2. The number of piperazine rings is 1. The van der Waals surface area contributed by atoms with Gasteiger partial charge in [-0.3, -0.25) is 9.59 Å². The predicted molar refractivity (Wildman–Crippen MR) is 103 cm³/mol. The van der Waals surface area contributed by atoms with E-state index < -0.39 is 6.04 Å². The van der Waals surface area contributed by atoms with E-state index in [1.54, 1.807) is 34.9 Å². The number of nitrogens with zero attached hydrogens (tertiary/aromatic N) is 2. The predicted octanol–water partition coefficient (Wildman–Crippen LogP) is 4.29. The number of anilines is 1. The van der Waals surface area contributed by atoms with Crippen LogP contribution in [0.3, 0.4) is 0 Å². The van der Waals surface area contributed by atoms with Gasteiger partial charge in [0.15, 0.2) is 0 Å². The van der Waals surface area contributed by atoms with E-state index in [1.165, 1.54) is 0 Å². The monoisotopic (exact) mass is 420 g/mol. The van der Waals surface area contributed by atoms with Crippen molar-refractivity contribution in [2.75, 3.05) is 18.0 Å². The number of hydrogen-bond acceptors (Lipinski definition) is 2. The molecule has 0 saturated carbocycles. The van der Waals surface area contributed by atoms with Gasteiger partial charge >= 0.3 is 0 Å². The van der Waals surface area contributed by atoms with Crippen molar-refractivity contribution in [1.82, 2.24) is 4.90 Å². The Kier molecular flexibility index (Phi) is 5.16. The minimum Gasteiger partial charge on any atom is -0.325 e. The van der Waals surface area contributed by atoms with Crippen molar-refractivity contribution in [3.8, 4) is 0 Å². The molecule has 1 atom stereocenters. The molecule has 1 saturated heterocycles. The summed E-state index contributed by atoms with van der Waals surface area (Å²) in [5, 5.41) is 0.644. The molecular formula is C19H18BrClN2O2. The summed E-state index contributed by atoms with van der Waals surface area (Å²) in [6.07, 6.45) is 0.